The molecule has 0 atom stereocenters. The summed E-state index contributed by atoms with van der Waals surface area (Å²) < 4.78 is 6.45. The topological polar surface area (TPSA) is 75.3 Å². The van der Waals surface area contributed by atoms with Gasteiger partial charge in [-0.05, 0) is 42.8 Å². The van der Waals surface area contributed by atoms with Crippen molar-refractivity contribution in [3.8, 4) is 5.75 Å². The van der Waals surface area contributed by atoms with E-state index >= 15 is 0 Å². The van der Waals surface area contributed by atoms with Gasteiger partial charge in [0.1, 0.15) is 17.0 Å². The van der Waals surface area contributed by atoms with Crippen molar-refractivity contribution in [1.82, 2.24) is 9.97 Å². The van der Waals surface area contributed by atoms with Gasteiger partial charge in [0.2, 0.25) is 0 Å². The van der Waals surface area contributed by atoms with Gasteiger partial charge in [0, 0.05) is 7.05 Å². The zero-order chi connectivity index (χ0) is 15.5. The molecule has 0 aliphatic carbocycles. The van der Waals surface area contributed by atoms with E-state index in [2.05, 4.69) is 25.9 Å². The van der Waals surface area contributed by atoms with Crippen LogP contribution in [0.4, 0.5) is 5.69 Å². The Morgan fingerprint density at radius 3 is 2.71 bits per heavy atom. The van der Waals surface area contributed by atoms with Crippen LogP contribution >= 0.6 is 15.9 Å². The molecule has 1 aromatic heterocycles. The normalized spacial score (nSPS) is 16.8. The highest BCUT2D eigenvalue weighted by atomic mass is 79.9. The molecule has 6 nitrogen and oxygen atoms in total. The number of fused-ring (bicyclic) bond motifs is 3. The van der Waals surface area contributed by atoms with Crippen molar-refractivity contribution in [1.29, 1.82) is 0 Å². The number of aromatic nitrogens is 2. The Labute approximate surface area is 129 Å². The van der Waals surface area contributed by atoms with E-state index < -0.39 is 5.60 Å². The van der Waals surface area contributed by atoms with Crippen LogP contribution in [0.15, 0.2) is 15.3 Å². The fraction of sp³-hybridized carbons (Fsp3) is 0.357. The molecule has 2 aromatic rings. The summed E-state index contributed by atoms with van der Waals surface area (Å²) in [6, 6.07) is 1.67. The fourth-order valence-electron chi connectivity index (χ4n) is 2.53. The monoisotopic (exact) mass is 351 g/mol. The third-order valence-corrected chi connectivity index (χ3v) is 4.10. The largest absolute Gasteiger partial charge is 0.475 e. The Hall–Kier alpha value is -1.89. The van der Waals surface area contributed by atoms with Gasteiger partial charge < -0.3 is 14.6 Å². The zero-order valence-electron chi connectivity index (χ0n) is 12.1. The van der Waals surface area contributed by atoms with Crippen LogP contribution < -0.4 is 15.2 Å². The summed E-state index contributed by atoms with van der Waals surface area (Å²) in [5.74, 6) is 0.823. The van der Waals surface area contributed by atoms with E-state index in [1.165, 1.54) is 4.90 Å². The lowest BCUT2D eigenvalue weighted by atomic mass is 10.0. The summed E-state index contributed by atoms with van der Waals surface area (Å²) in [6.45, 7) is 5.12. The Kier molecular flexibility index (Phi) is 2.88. The summed E-state index contributed by atoms with van der Waals surface area (Å²) in [7, 11) is 1.66. The molecular weight excluding hydrogens is 338 g/mol. The molecule has 0 unspecified atom stereocenters. The third-order valence-electron chi connectivity index (χ3n) is 3.51. The van der Waals surface area contributed by atoms with Crippen molar-refractivity contribution in [3.63, 3.8) is 0 Å². The first-order valence-electron chi connectivity index (χ1n) is 6.42. The first kappa shape index (κ1) is 14.1. The summed E-state index contributed by atoms with van der Waals surface area (Å²) in [6.07, 6.45) is 0. The fourth-order valence-corrected chi connectivity index (χ4v) is 3.03. The van der Waals surface area contributed by atoms with Crippen molar-refractivity contribution in [2.75, 3.05) is 11.9 Å². The van der Waals surface area contributed by atoms with Crippen LogP contribution in [-0.2, 0) is 4.79 Å². The number of aromatic amines is 1. The number of aryl methyl sites for hydroxylation is 1. The lowest BCUT2D eigenvalue weighted by Crippen LogP contribution is -2.51. The van der Waals surface area contributed by atoms with E-state index in [-0.39, 0.29) is 11.5 Å². The molecule has 0 fully saturated rings. The minimum atomic E-state index is -0.964. The number of hydrogen-bond donors (Lipinski definition) is 1. The molecule has 1 aromatic carbocycles. The van der Waals surface area contributed by atoms with Gasteiger partial charge in [0.25, 0.3) is 11.5 Å². The molecule has 1 amide bonds. The van der Waals surface area contributed by atoms with E-state index in [9.17, 15) is 9.59 Å². The van der Waals surface area contributed by atoms with Gasteiger partial charge in [-0.2, -0.15) is 0 Å². The molecule has 1 N–H and O–H groups in total. The number of amides is 1. The molecule has 110 valence electrons. The molecule has 21 heavy (non-hydrogen) atoms. The SMILES string of the molecule is Cc1nc2c3c(c(Br)cc2c(=O)[nH]1)OC(C)(C)C(=O)N3C. The van der Waals surface area contributed by atoms with Crippen LogP contribution in [0.1, 0.15) is 19.7 Å². The second-order valence-corrected chi connectivity index (χ2v) is 6.41. The highest BCUT2D eigenvalue weighted by Gasteiger charge is 2.41. The maximum atomic E-state index is 12.4. The Morgan fingerprint density at radius 1 is 1.38 bits per heavy atom. The van der Waals surface area contributed by atoms with E-state index in [4.69, 9.17) is 4.74 Å². The van der Waals surface area contributed by atoms with Crippen LogP contribution in [0.5, 0.6) is 5.75 Å². The second-order valence-electron chi connectivity index (χ2n) is 5.56. The van der Waals surface area contributed by atoms with E-state index in [1.54, 1.807) is 33.9 Å². The average Bonchev–Trinajstić information content (AvgIpc) is 2.37. The molecule has 7 heteroatoms. The summed E-state index contributed by atoms with van der Waals surface area (Å²) >= 11 is 3.41. The van der Waals surface area contributed by atoms with Gasteiger partial charge in [-0.3, -0.25) is 9.59 Å². The molecule has 3 rings (SSSR count). The molecule has 0 saturated carbocycles. The average molecular weight is 352 g/mol. The summed E-state index contributed by atoms with van der Waals surface area (Å²) in [5.41, 5.74) is -0.237. The Morgan fingerprint density at radius 2 is 2.05 bits per heavy atom. The van der Waals surface area contributed by atoms with Gasteiger partial charge in [0.05, 0.1) is 9.86 Å². The molecule has 1 aliphatic rings. The zero-order valence-corrected chi connectivity index (χ0v) is 13.7. The number of carbonyl (C=O) groups is 1. The van der Waals surface area contributed by atoms with Crippen molar-refractivity contribution in [2.45, 2.75) is 26.4 Å². The van der Waals surface area contributed by atoms with Gasteiger partial charge in [-0.15, -0.1) is 0 Å². The molecule has 0 bridgehead atoms. The molecule has 2 heterocycles. The number of benzene rings is 1. The standard InChI is InChI=1S/C14H14BrN3O3/c1-6-16-9-7(12(19)17-6)5-8(15)11-10(9)18(4)13(20)14(2,3)21-11/h5H,1-4H3,(H,16,17,19). The first-order valence-corrected chi connectivity index (χ1v) is 7.22. The third kappa shape index (κ3) is 1.95. The lowest BCUT2D eigenvalue weighted by molar-refractivity contribution is -0.132. The molecule has 0 spiro atoms. The Bertz CT molecular complexity index is 841. The lowest BCUT2D eigenvalue weighted by Gasteiger charge is -2.37. The van der Waals surface area contributed by atoms with Crippen LogP contribution in [0.3, 0.4) is 0 Å². The predicted octanol–water partition coefficient (Wildman–Crippen LogP) is 2.13. The highest BCUT2D eigenvalue weighted by Crippen LogP contribution is 2.45. The van der Waals surface area contributed by atoms with Crippen molar-refractivity contribution >= 4 is 38.4 Å². The van der Waals surface area contributed by atoms with Crippen LogP contribution in [0.25, 0.3) is 10.9 Å². The number of carbonyl (C=O) groups excluding carboxylic acids is 1. The number of H-pyrrole nitrogens is 1. The number of anilines is 1. The maximum absolute atomic E-state index is 12.4. The molecule has 1 aliphatic heterocycles. The number of nitrogens with one attached hydrogen (secondary N) is 1. The van der Waals surface area contributed by atoms with E-state index in [0.29, 0.717) is 32.6 Å². The van der Waals surface area contributed by atoms with Gasteiger partial charge >= 0.3 is 0 Å². The van der Waals surface area contributed by atoms with E-state index in [1.807, 2.05) is 0 Å². The number of likely N-dealkylation sites (N-methyl/N-ethyl adjacent to an activating group) is 1. The quantitative estimate of drug-likeness (QED) is 0.788. The summed E-state index contributed by atoms with van der Waals surface area (Å²) in [5, 5.41) is 0.411. The second kappa shape index (κ2) is 4.30. The van der Waals surface area contributed by atoms with Crippen LogP contribution in [0, 0.1) is 6.92 Å². The van der Waals surface area contributed by atoms with Crippen molar-refractivity contribution < 1.29 is 9.53 Å². The highest BCUT2D eigenvalue weighted by molar-refractivity contribution is 9.10. The van der Waals surface area contributed by atoms with Gasteiger partial charge in [-0.25, -0.2) is 4.98 Å². The number of halogens is 1. The molecule has 0 radical (unpaired) electrons. The minimum Gasteiger partial charge on any atom is -0.475 e. The number of ether oxygens (including phenoxy) is 1. The Balaban J connectivity index is 2.47. The van der Waals surface area contributed by atoms with Crippen molar-refractivity contribution in [2.24, 2.45) is 0 Å². The van der Waals surface area contributed by atoms with E-state index in [0.717, 1.165) is 0 Å². The van der Waals surface area contributed by atoms with Crippen LogP contribution in [0.2, 0.25) is 0 Å². The summed E-state index contributed by atoms with van der Waals surface area (Å²) in [4.78, 5) is 33.0. The predicted molar refractivity (Wildman–Crippen MR) is 82.9 cm³/mol. The van der Waals surface area contributed by atoms with Gasteiger partial charge in [0.15, 0.2) is 11.4 Å². The smallest absolute Gasteiger partial charge is 0.270 e. The number of hydrogen-bond acceptors (Lipinski definition) is 4. The maximum Gasteiger partial charge on any atom is 0.270 e. The first-order chi connectivity index (χ1) is 9.72. The van der Waals surface area contributed by atoms with Crippen LogP contribution in [-0.4, -0.2) is 28.5 Å². The van der Waals surface area contributed by atoms with Crippen molar-refractivity contribution in [3.05, 3.63) is 26.7 Å². The minimum absolute atomic E-state index is 0.186. The number of rotatable bonds is 0. The molecule has 0 saturated heterocycles. The number of nitrogens with zero attached hydrogens (tertiary/aromatic N) is 2. The molecular formula is C14H14BrN3O3. The van der Waals surface area contributed by atoms with Gasteiger partial charge in [-0.1, -0.05) is 0 Å².